The summed E-state index contributed by atoms with van der Waals surface area (Å²) in [5.41, 5.74) is 3.04. The van der Waals surface area contributed by atoms with Crippen molar-refractivity contribution in [2.75, 3.05) is 12.0 Å². The van der Waals surface area contributed by atoms with Gasteiger partial charge in [-0.05, 0) is 62.0 Å². The first kappa shape index (κ1) is 19.1. The lowest BCUT2D eigenvalue weighted by atomic mass is 10.0. The van der Waals surface area contributed by atoms with Gasteiger partial charge in [-0.25, -0.2) is 0 Å². The first-order valence-corrected chi connectivity index (χ1v) is 8.92. The van der Waals surface area contributed by atoms with E-state index in [0.29, 0.717) is 22.0 Å². The fourth-order valence-electron chi connectivity index (χ4n) is 2.91. The van der Waals surface area contributed by atoms with E-state index in [1.165, 1.54) is 18.1 Å². The number of amides is 2. The van der Waals surface area contributed by atoms with Crippen LogP contribution in [-0.2, 0) is 9.59 Å². The van der Waals surface area contributed by atoms with Gasteiger partial charge < -0.3 is 4.74 Å². The van der Waals surface area contributed by atoms with Crippen LogP contribution in [0.5, 0.6) is 5.75 Å². The first-order chi connectivity index (χ1) is 12.8. The molecule has 0 radical (unpaired) electrons. The molecule has 0 aromatic heterocycles. The average Bonchev–Trinajstić information content (AvgIpc) is 2.60. The second kappa shape index (κ2) is 7.50. The lowest BCUT2D eigenvalue weighted by Crippen LogP contribution is -2.54. The van der Waals surface area contributed by atoms with Gasteiger partial charge in [0.05, 0.1) is 12.8 Å². The van der Waals surface area contributed by atoms with Crippen molar-refractivity contribution in [1.82, 2.24) is 5.32 Å². The molecular formula is C20H17ClN2O3S. The number of methoxy groups -OCH3 is 1. The molecule has 3 rings (SSSR count). The van der Waals surface area contributed by atoms with E-state index in [0.717, 1.165) is 11.1 Å². The third kappa shape index (κ3) is 3.72. The summed E-state index contributed by atoms with van der Waals surface area (Å²) in [6.07, 6.45) is 1.46. The molecule has 2 aromatic rings. The number of nitrogens with zero attached hydrogens (tertiary/aromatic N) is 1. The number of halogens is 1. The van der Waals surface area contributed by atoms with Crippen molar-refractivity contribution < 1.29 is 14.3 Å². The Morgan fingerprint density at radius 1 is 1.15 bits per heavy atom. The second-order valence-electron chi connectivity index (χ2n) is 6.13. The van der Waals surface area contributed by atoms with E-state index in [4.69, 9.17) is 28.6 Å². The van der Waals surface area contributed by atoms with Crippen molar-refractivity contribution in [3.63, 3.8) is 0 Å². The molecule has 0 unspecified atom stereocenters. The quantitative estimate of drug-likeness (QED) is 0.483. The molecule has 138 valence electrons. The Kier molecular flexibility index (Phi) is 5.30. The molecule has 1 aliphatic heterocycles. The molecule has 0 bridgehead atoms. The summed E-state index contributed by atoms with van der Waals surface area (Å²) in [5.74, 6) is -0.565. The molecule has 27 heavy (non-hydrogen) atoms. The minimum absolute atomic E-state index is 0.0483. The van der Waals surface area contributed by atoms with Crippen LogP contribution in [0.3, 0.4) is 0 Å². The van der Waals surface area contributed by atoms with Crippen LogP contribution in [-0.4, -0.2) is 24.0 Å². The van der Waals surface area contributed by atoms with Crippen LogP contribution in [0.25, 0.3) is 6.08 Å². The lowest BCUT2D eigenvalue weighted by molar-refractivity contribution is -0.122. The smallest absolute Gasteiger partial charge is 0.270 e. The summed E-state index contributed by atoms with van der Waals surface area (Å²) < 4.78 is 5.29. The van der Waals surface area contributed by atoms with E-state index in [9.17, 15) is 9.59 Å². The molecule has 1 heterocycles. The summed E-state index contributed by atoms with van der Waals surface area (Å²) in [4.78, 5) is 26.9. The van der Waals surface area contributed by atoms with Crippen molar-refractivity contribution >= 4 is 52.5 Å². The molecule has 0 saturated carbocycles. The predicted molar refractivity (Wildman–Crippen MR) is 110 cm³/mol. The molecular weight excluding hydrogens is 384 g/mol. The van der Waals surface area contributed by atoms with Crippen LogP contribution in [0.15, 0.2) is 42.0 Å². The van der Waals surface area contributed by atoms with Gasteiger partial charge in [-0.15, -0.1) is 0 Å². The number of anilines is 1. The molecule has 7 heteroatoms. The van der Waals surface area contributed by atoms with E-state index in [1.807, 2.05) is 32.0 Å². The predicted octanol–water partition coefficient (Wildman–Crippen LogP) is 3.80. The van der Waals surface area contributed by atoms with E-state index in [2.05, 4.69) is 5.32 Å². The van der Waals surface area contributed by atoms with E-state index in [1.54, 1.807) is 18.2 Å². The van der Waals surface area contributed by atoms with Crippen molar-refractivity contribution in [2.45, 2.75) is 13.8 Å². The zero-order valence-electron chi connectivity index (χ0n) is 15.0. The number of benzene rings is 2. The molecule has 0 spiro atoms. The molecule has 5 nitrogen and oxygen atoms in total. The monoisotopic (exact) mass is 400 g/mol. The molecule has 1 aliphatic rings. The Morgan fingerprint density at radius 2 is 1.89 bits per heavy atom. The standard InChI is InChI=1S/C20H17ClN2O3S/c1-11-4-6-16(12(2)8-11)23-19(25)15(18(24)22-20(23)27)10-13-9-14(21)5-7-17(13)26-3/h4-10H,1-3H3,(H,22,24,27)/b15-10+. The van der Waals surface area contributed by atoms with Gasteiger partial charge >= 0.3 is 0 Å². The highest BCUT2D eigenvalue weighted by molar-refractivity contribution is 7.80. The molecule has 0 atom stereocenters. The topological polar surface area (TPSA) is 58.6 Å². The van der Waals surface area contributed by atoms with Gasteiger partial charge in [-0.2, -0.15) is 0 Å². The maximum absolute atomic E-state index is 13.1. The number of thiocarbonyl (C=S) groups is 1. The fourth-order valence-corrected chi connectivity index (χ4v) is 3.36. The molecule has 0 aliphatic carbocycles. The van der Waals surface area contributed by atoms with Crippen molar-refractivity contribution in [1.29, 1.82) is 0 Å². The SMILES string of the molecule is COc1ccc(Cl)cc1/C=C1\C(=O)NC(=S)N(c2ccc(C)cc2C)C1=O. The largest absolute Gasteiger partial charge is 0.496 e. The maximum atomic E-state index is 13.1. The van der Waals surface area contributed by atoms with Crippen LogP contribution < -0.4 is 15.0 Å². The van der Waals surface area contributed by atoms with Crippen LogP contribution in [0.1, 0.15) is 16.7 Å². The number of hydrogen-bond acceptors (Lipinski definition) is 4. The number of rotatable bonds is 3. The summed E-state index contributed by atoms with van der Waals surface area (Å²) in [5, 5.41) is 3.09. The van der Waals surface area contributed by atoms with Crippen LogP contribution >= 0.6 is 23.8 Å². The third-order valence-corrected chi connectivity index (χ3v) is 4.71. The van der Waals surface area contributed by atoms with Gasteiger partial charge in [0.2, 0.25) is 0 Å². The number of aryl methyl sites for hydroxylation is 2. The number of carbonyl (C=O) groups excluding carboxylic acids is 2. The maximum Gasteiger partial charge on any atom is 0.270 e. The average molecular weight is 401 g/mol. The second-order valence-corrected chi connectivity index (χ2v) is 6.96. The van der Waals surface area contributed by atoms with Gasteiger partial charge in [0.25, 0.3) is 11.8 Å². The molecule has 1 N–H and O–H groups in total. The Balaban J connectivity index is 2.09. The Hall–Kier alpha value is -2.70. The summed E-state index contributed by atoms with van der Waals surface area (Å²) >= 11 is 11.3. The van der Waals surface area contributed by atoms with E-state index in [-0.39, 0.29) is 10.7 Å². The number of ether oxygens (including phenoxy) is 1. The minimum atomic E-state index is -0.562. The molecule has 2 amide bonds. The van der Waals surface area contributed by atoms with Gasteiger partial charge in [0.15, 0.2) is 5.11 Å². The molecule has 2 aromatic carbocycles. The fraction of sp³-hybridized carbons (Fsp3) is 0.150. The van der Waals surface area contributed by atoms with Gasteiger partial charge in [0, 0.05) is 10.6 Å². The van der Waals surface area contributed by atoms with Crippen molar-refractivity contribution in [2.24, 2.45) is 0 Å². The minimum Gasteiger partial charge on any atom is -0.496 e. The van der Waals surface area contributed by atoms with E-state index < -0.39 is 11.8 Å². The van der Waals surface area contributed by atoms with Crippen LogP contribution in [0, 0.1) is 13.8 Å². The number of carbonyl (C=O) groups is 2. The summed E-state index contributed by atoms with van der Waals surface area (Å²) in [7, 11) is 1.51. The van der Waals surface area contributed by atoms with Gasteiger partial charge in [0.1, 0.15) is 11.3 Å². The Bertz CT molecular complexity index is 1000. The van der Waals surface area contributed by atoms with Crippen LogP contribution in [0.4, 0.5) is 5.69 Å². The normalized spacial score (nSPS) is 15.9. The van der Waals surface area contributed by atoms with Gasteiger partial charge in [-0.1, -0.05) is 29.3 Å². The third-order valence-electron chi connectivity index (χ3n) is 4.19. The lowest BCUT2D eigenvalue weighted by Gasteiger charge is -2.30. The Morgan fingerprint density at radius 3 is 2.56 bits per heavy atom. The van der Waals surface area contributed by atoms with Crippen LogP contribution in [0.2, 0.25) is 5.02 Å². The first-order valence-electron chi connectivity index (χ1n) is 8.14. The molecule has 1 saturated heterocycles. The van der Waals surface area contributed by atoms with E-state index >= 15 is 0 Å². The zero-order valence-corrected chi connectivity index (χ0v) is 16.6. The Labute approximate surface area is 167 Å². The highest BCUT2D eigenvalue weighted by Gasteiger charge is 2.35. The molecule has 1 fully saturated rings. The number of hydrogen-bond donors (Lipinski definition) is 1. The summed E-state index contributed by atoms with van der Waals surface area (Å²) in [6.45, 7) is 3.85. The zero-order chi connectivity index (χ0) is 19.7. The summed E-state index contributed by atoms with van der Waals surface area (Å²) in [6, 6.07) is 10.6. The van der Waals surface area contributed by atoms with Crippen molar-refractivity contribution in [3.8, 4) is 5.75 Å². The van der Waals surface area contributed by atoms with Gasteiger partial charge in [-0.3, -0.25) is 19.8 Å². The highest BCUT2D eigenvalue weighted by atomic mass is 35.5. The highest BCUT2D eigenvalue weighted by Crippen LogP contribution is 2.29. The van der Waals surface area contributed by atoms with Crippen molar-refractivity contribution in [3.05, 3.63) is 63.7 Å². The number of nitrogens with one attached hydrogen (secondary N) is 1.